The summed E-state index contributed by atoms with van der Waals surface area (Å²) in [7, 11) is 0. The van der Waals surface area contributed by atoms with Crippen molar-refractivity contribution < 1.29 is 23.5 Å². The molecule has 0 atom stereocenters. The van der Waals surface area contributed by atoms with Gasteiger partial charge in [-0.05, 0) is 31.2 Å². The minimum Gasteiger partial charge on any atom is -0.478 e. The first-order chi connectivity index (χ1) is 14.3. The first-order valence-corrected chi connectivity index (χ1v) is 8.41. The molecule has 0 aliphatic carbocycles. The maximum atomic E-state index is 12.7. The molecule has 0 aliphatic heterocycles. The Morgan fingerprint density at radius 1 is 0.800 bits per heavy atom. The number of ketones is 1. The summed E-state index contributed by atoms with van der Waals surface area (Å²) in [6.45, 7) is 1.46. The molecule has 0 radical (unpaired) electrons. The zero-order chi connectivity index (χ0) is 21.7. The monoisotopic (exact) mass is 412 g/mol. The van der Waals surface area contributed by atoms with E-state index in [1.165, 1.54) is 47.0 Å². The quantitative estimate of drug-likeness (QED) is 0.512. The fourth-order valence-corrected chi connectivity index (χ4v) is 2.23. The number of aromatic carboxylic acids is 1. The highest BCUT2D eigenvalue weighted by molar-refractivity contribution is 5.93. The molecule has 0 saturated heterocycles. The minimum absolute atomic E-state index is 0.0549. The lowest BCUT2D eigenvalue weighted by Gasteiger charge is -2.00. The molecule has 4 rings (SSSR count). The first kappa shape index (κ1) is 20.5. The molecule has 152 valence electrons. The molecule has 4 aromatic heterocycles. The van der Waals surface area contributed by atoms with Crippen molar-refractivity contribution in [3.8, 4) is 11.6 Å². The van der Waals surface area contributed by atoms with Crippen LogP contribution in [0.5, 0.6) is 0 Å². The maximum absolute atomic E-state index is 12.7. The van der Waals surface area contributed by atoms with E-state index in [1.807, 2.05) is 0 Å². The Labute approximate surface area is 168 Å². The van der Waals surface area contributed by atoms with Gasteiger partial charge in [-0.1, -0.05) is 0 Å². The van der Waals surface area contributed by atoms with Crippen LogP contribution in [0.1, 0.15) is 27.6 Å². The fourth-order valence-electron chi connectivity index (χ4n) is 2.23. The number of nitrogens with zero attached hydrogens (tertiary/aromatic N) is 6. The van der Waals surface area contributed by atoms with Gasteiger partial charge in [-0.15, -0.1) is 0 Å². The standard InChI is InChI=1S/C10H8FN3O.C9H6FN3O2/c1-7(15)8-2-3-10(12-4-8)14-6-9(11)5-13-14;10-7-4-12-13(5-7)8-2-1-6(3-11-8)9(14)15/h2-6H,1H3;1-5H,(H,14,15). The van der Waals surface area contributed by atoms with Crippen molar-refractivity contribution in [2.75, 3.05) is 0 Å². The van der Waals surface area contributed by atoms with Crippen molar-refractivity contribution in [1.29, 1.82) is 0 Å². The van der Waals surface area contributed by atoms with E-state index < -0.39 is 17.6 Å². The molecule has 0 aliphatic rings. The number of carboxylic acids is 1. The van der Waals surface area contributed by atoms with Crippen LogP contribution < -0.4 is 0 Å². The molecule has 4 aromatic rings. The highest BCUT2D eigenvalue weighted by Crippen LogP contribution is 2.07. The Kier molecular flexibility index (Phi) is 6.01. The van der Waals surface area contributed by atoms with Crippen molar-refractivity contribution in [1.82, 2.24) is 29.5 Å². The molecule has 11 heteroatoms. The smallest absolute Gasteiger partial charge is 0.337 e. The van der Waals surface area contributed by atoms with Gasteiger partial charge in [0.05, 0.1) is 30.4 Å². The number of Topliss-reactive ketones (excluding diaryl/α,β-unsaturated/α-hetero) is 1. The van der Waals surface area contributed by atoms with Gasteiger partial charge in [-0.3, -0.25) is 4.79 Å². The summed E-state index contributed by atoms with van der Waals surface area (Å²) in [5.74, 6) is -1.17. The van der Waals surface area contributed by atoms with Crippen molar-refractivity contribution in [3.05, 3.63) is 84.2 Å². The Morgan fingerprint density at radius 3 is 1.57 bits per heavy atom. The topological polar surface area (TPSA) is 116 Å². The van der Waals surface area contributed by atoms with Crippen LogP contribution in [0, 0.1) is 11.6 Å². The van der Waals surface area contributed by atoms with Crippen molar-refractivity contribution in [2.24, 2.45) is 0 Å². The van der Waals surface area contributed by atoms with Gasteiger partial charge in [0.25, 0.3) is 0 Å². The van der Waals surface area contributed by atoms with E-state index >= 15 is 0 Å². The first-order valence-electron chi connectivity index (χ1n) is 8.41. The molecular weight excluding hydrogens is 398 g/mol. The van der Waals surface area contributed by atoms with Gasteiger partial charge < -0.3 is 5.11 Å². The number of pyridine rings is 2. The van der Waals surface area contributed by atoms with E-state index in [2.05, 4.69) is 20.2 Å². The SMILES string of the molecule is CC(=O)c1ccc(-n2cc(F)cn2)nc1.O=C(O)c1ccc(-n2cc(F)cn2)nc1. The summed E-state index contributed by atoms with van der Waals surface area (Å²) < 4.78 is 27.8. The summed E-state index contributed by atoms with van der Waals surface area (Å²) >= 11 is 0. The number of carbonyl (C=O) groups excluding carboxylic acids is 1. The third-order valence-corrected chi connectivity index (χ3v) is 3.72. The van der Waals surface area contributed by atoms with Crippen LogP contribution in [0.2, 0.25) is 0 Å². The molecule has 0 bridgehead atoms. The van der Waals surface area contributed by atoms with Crippen LogP contribution in [0.25, 0.3) is 11.6 Å². The summed E-state index contributed by atoms with van der Waals surface area (Å²) in [6.07, 6.45) is 7.15. The molecule has 0 amide bonds. The predicted molar refractivity (Wildman–Crippen MR) is 99.6 cm³/mol. The van der Waals surface area contributed by atoms with Gasteiger partial charge in [0, 0.05) is 18.0 Å². The normalized spacial score (nSPS) is 10.2. The number of halogens is 2. The Morgan fingerprint density at radius 2 is 1.27 bits per heavy atom. The zero-order valence-electron chi connectivity index (χ0n) is 15.5. The van der Waals surface area contributed by atoms with Crippen molar-refractivity contribution in [2.45, 2.75) is 6.92 Å². The second kappa shape index (κ2) is 8.82. The fraction of sp³-hybridized carbons (Fsp3) is 0.0526. The van der Waals surface area contributed by atoms with E-state index in [-0.39, 0.29) is 11.3 Å². The zero-order valence-corrected chi connectivity index (χ0v) is 15.5. The molecule has 9 nitrogen and oxygen atoms in total. The second-order valence-electron chi connectivity index (χ2n) is 5.88. The van der Waals surface area contributed by atoms with Crippen molar-refractivity contribution in [3.63, 3.8) is 0 Å². The second-order valence-corrected chi connectivity index (χ2v) is 5.88. The maximum Gasteiger partial charge on any atom is 0.337 e. The highest BCUT2D eigenvalue weighted by Gasteiger charge is 2.05. The summed E-state index contributed by atoms with van der Waals surface area (Å²) in [5.41, 5.74) is 0.595. The van der Waals surface area contributed by atoms with E-state index in [9.17, 15) is 18.4 Å². The lowest BCUT2D eigenvalue weighted by molar-refractivity contribution is 0.0696. The molecule has 0 fully saturated rings. The summed E-state index contributed by atoms with van der Waals surface area (Å²) in [4.78, 5) is 29.3. The highest BCUT2D eigenvalue weighted by atomic mass is 19.1. The van der Waals surface area contributed by atoms with Crippen LogP contribution in [-0.2, 0) is 0 Å². The van der Waals surface area contributed by atoms with Gasteiger partial charge in [0.2, 0.25) is 0 Å². The minimum atomic E-state index is -1.05. The Hall–Kier alpha value is -4.28. The largest absolute Gasteiger partial charge is 0.478 e. The van der Waals surface area contributed by atoms with Gasteiger partial charge in [-0.2, -0.15) is 10.2 Å². The van der Waals surface area contributed by atoms with Gasteiger partial charge in [0.15, 0.2) is 29.1 Å². The van der Waals surface area contributed by atoms with Crippen LogP contribution >= 0.6 is 0 Å². The average Bonchev–Trinajstić information content (AvgIpc) is 3.37. The Bertz CT molecular complexity index is 1080. The van der Waals surface area contributed by atoms with Gasteiger partial charge in [0.1, 0.15) is 0 Å². The summed E-state index contributed by atoms with van der Waals surface area (Å²) in [5, 5.41) is 16.1. The number of hydrogen-bond acceptors (Lipinski definition) is 6. The average molecular weight is 412 g/mol. The molecule has 30 heavy (non-hydrogen) atoms. The van der Waals surface area contributed by atoms with Crippen LogP contribution in [0.15, 0.2) is 61.4 Å². The molecule has 0 saturated carbocycles. The van der Waals surface area contributed by atoms with E-state index in [4.69, 9.17) is 5.11 Å². The molecular formula is C19H14F2N6O3. The van der Waals surface area contributed by atoms with Gasteiger partial charge >= 0.3 is 5.97 Å². The predicted octanol–water partition coefficient (Wildman–Crippen LogP) is 2.71. The number of carboxylic acid groups (broad SMARTS) is 1. The third-order valence-electron chi connectivity index (χ3n) is 3.72. The molecule has 4 heterocycles. The molecule has 0 unspecified atom stereocenters. The number of aromatic nitrogens is 6. The number of rotatable bonds is 4. The van der Waals surface area contributed by atoms with E-state index in [0.29, 0.717) is 17.2 Å². The summed E-state index contributed by atoms with van der Waals surface area (Å²) in [6, 6.07) is 6.08. The number of hydrogen-bond donors (Lipinski definition) is 1. The van der Waals surface area contributed by atoms with E-state index in [1.54, 1.807) is 12.1 Å². The molecule has 1 N–H and O–H groups in total. The van der Waals surface area contributed by atoms with Crippen molar-refractivity contribution >= 4 is 11.8 Å². The lowest BCUT2D eigenvalue weighted by Crippen LogP contribution is -2.01. The molecule has 0 spiro atoms. The van der Waals surface area contributed by atoms with Gasteiger partial charge in [-0.25, -0.2) is 32.9 Å². The van der Waals surface area contributed by atoms with Crippen LogP contribution in [0.3, 0.4) is 0 Å². The Balaban J connectivity index is 0.000000171. The van der Waals surface area contributed by atoms with E-state index in [0.717, 1.165) is 18.6 Å². The lowest BCUT2D eigenvalue weighted by atomic mass is 10.2. The molecule has 0 aromatic carbocycles. The van der Waals surface area contributed by atoms with Crippen LogP contribution in [-0.4, -0.2) is 46.4 Å². The third kappa shape index (κ3) is 4.95. The van der Waals surface area contributed by atoms with Crippen LogP contribution in [0.4, 0.5) is 8.78 Å². The number of carbonyl (C=O) groups is 2.